The van der Waals surface area contributed by atoms with Gasteiger partial charge in [-0.15, -0.1) is 0 Å². The van der Waals surface area contributed by atoms with Gasteiger partial charge in [0.25, 0.3) is 0 Å². The number of rotatable bonds is 2. The Kier molecular flexibility index (Phi) is 3.17. The molecule has 0 amide bonds. The molecule has 0 aromatic heterocycles. The molecule has 1 heterocycles. The number of Topliss-reactive ketones (excluding diaryl/α,β-unsaturated/α-hetero) is 1. The van der Waals surface area contributed by atoms with Gasteiger partial charge in [-0.25, -0.2) is 0 Å². The zero-order valence-electron chi connectivity index (χ0n) is 9.12. The summed E-state index contributed by atoms with van der Waals surface area (Å²) in [7, 11) is 0. The van der Waals surface area contributed by atoms with Crippen molar-refractivity contribution in [1.82, 2.24) is 5.32 Å². The Morgan fingerprint density at radius 2 is 2.07 bits per heavy atom. The smallest absolute Gasteiger partial charge is 0.142 e. The van der Waals surface area contributed by atoms with Crippen LogP contribution in [0.4, 0.5) is 0 Å². The maximum absolute atomic E-state index is 11.7. The van der Waals surface area contributed by atoms with Crippen LogP contribution in [-0.2, 0) is 11.2 Å². The summed E-state index contributed by atoms with van der Waals surface area (Å²) in [6, 6.07) is 8.43. The van der Waals surface area contributed by atoms with Crippen molar-refractivity contribution in [1.29, 1.82) is 0 Å². The monoisotopic (exact) mass is 203 g/mol. The molecular formula is C13H17NO. The molecule has 80 valence electrons. The minimum Gasteiger partial charge on any atom is -0.315 e. The molecule has 0 saturated carbocycles. The highest BCUT2D eigenvalue weighted by molar-refractivity contribution is 5.86. The van der Waals surface area contributed by atoms with Crippen molar-refractivity contribution in [2.75, 3.05) is 13.1 Å². The predicted octanol–water partition coefficient (Wildman–Crippen LogP) is 1.89. The van der Waals surface area contributed by atoms with Crippen molar-refractivity contribution >= 4 is 5.78 Å². The van der Waals surface area contributed by atoms with E-state index in [0.717, 1.165) is 25.1 Å². The predicted molar refractivity (Wildman–Crippen MR) is 61.1 cm³/mol. The van der Waals surface area contributed by atoms with E-state index in [4.69, 9.17) is 0 Å². The zero-order valence-corrected chi connectivity index (χ0v) is 9.12. The first-order chi connectivity index (χ1) is 7.31. The third kappa shape index (κ3) is 2.26. The third-order valence-corrected chi connectivity index (χ3v) is 3.08. The highest BCUT2D eigenvalue weighted by Gasteiger charge is 2.23. The SMILES string of the molecule is CCc1ccc(C2CNCCC2=O)cc1. The second kappa shape index (κ2) is 4.58. The average molecular weight is 203 g/mol. The lowest BCUT2D eigenvalue weighted by Crippen LogP contribution is -2.35. The van der Waals surface area contributed by atoms with Crippen LogP contribution in [0, 0.1) is 0 Å². The molecule has 1 aliphatic rings. The van der Waals surface area contributed by atoms with Crippen LogP contribution in [0.5, 0.6) is 0 Å². The zero-order chi connectivity index (χ0) is 10.7. The van der Waals surface area contributed by atoms with Gasteiger partial charge in [-0.1, -0.05) is 31.2 Å². The number of carbonyl (C=O) groups is 1. The Hall–Kier alpha value is -1.15. The van der Waals surface area contributed by atoms with E-state index >= 15 is 0 Å². The number of carbonyl (C=O) groups excluding carboxylic acids is 1. The molecule has 1 aromatic rings. The van der Waals surface area contributed by atoms with Gasteiger partial charge in [0, 0.05) is 19.5 Å². The van der Waals surface area contributed by atoms with Gasteiger partial charge < -0.3 is 5.32 Å². The lowest BCUT2D eigenvalue weighted by molar-refractivity contribution is -0.121. The van der Waals surface area contributed by atoms with E-state index in [0.29, 0.717) is 12.2 Å². The maximum Gasteiger partial charge on any atom is 0.142 e. The summed E-state index contributed by atoms with van der Waals surface area (Å²) >= 11 is 0. The number of piperidine rings is 1. The fraction of sp³-hybridized carbons (Fsp3) is 0.462. The van der Waals surface area contributed by atoms with Gasteiger partial charge in [-0.2, -0.15) is 0 Å². The standard InChI is InChI=1S/C13H17NO/c1-2-10-3-5-11(6-4-10)12-9-14-8-7-13(12)15/h3-6,12,14H,2,7-9H2,1H3. The molecule has 2 heteroatoms. The molecule has 2 rings (SSSR count). The molecule has 1 saturated heterocycles. The van der Waals surface area contributed by atoms with E-state index in [-0.39, 0.29) is 5.92 Å². The van der Waals surface area contributed by atoms with E-state index < -0.39 is 0 Å². The molecule has 1 N–H and O–H groups in total. The molecule has 0 aliphatic carbocycles. The first-order valence-electron chi connectivity index (χ1n) is 5.63. The normalized spacial score (nSPS) is 21.7. The van der Waals surface area contributed by atoms with Gasteiger partial charge >= 0.3 is 0 Å². The fourth-order valence-electron chi connectivity index (χ4n) is 2.04. The van der Waals surface area contributed by atoms with Crippen molar-refractivity contribution in [2.45, 2.75) is 25.7 Å². The summed E-state index contributed by atoms with van der Waals surface area (Å²) < 4.78 is 0. The van der Waals surface area contributed by atoms with Crippen LogP contribution in [0.2, 0.25) is 0 Å². The van der Waals surface area contributed by atoms with Gasteiger partial charge in [0.1, 0.15) is 5.78 Å². The largest absolute Gasteiger partial charge is 0.315 e. The van der Waals surface area contributed by atoms with Crippen LogP contribution >= 0.6 is 0 Å². The van der Waals surface area contributed by atoms with Crippen LogP contribution in [-0.4, -0.2) is 18.9 Å². The Morgan fingerprint density at radius 1 is 1.33 bits per heavy atom. The Balaban J connectivity index is 2.17. The Bertz CT molecular complexity index is 342. The van der Waals surface area contributed by atoms with Crippen LogP contribution in [0.3, 0.4) is 0 Å². The summed E-state index contributed by atoms with van der Waals surface area (Å²) in [6.45, 7) is 3.77. The summed E-state index contributed by atoms with van der Waals surface area (Å²) in [4.78, 5) is 11.7. The molecule has 1 aliphatic heterocycles. The molecule has 2 nitrogen and oxygen atoms in total. The van der Waals surface area contributed by atoms with Crippen molar-refractivity contribution in [2.24, 2.45) is 0 Å². The number of benzene rings is 1. The lowest BCUT2D eigenvalue weighted by atomic mass is 9.90. The first kappa shape index (κ1) is 10.4. The van der Waals surface area contributed by atoms with Crippen LogP contribution < -0.4 is 5.32 Å². The second-order valence-electron chi connectivity index (χ2n) is 4.07. The number of nitrogens with one attached hydrogen (secondary N) is 1. The van der Waals surface area contributed by atoms with E-state index in [9.17, 15) is 4.79 Å². The molecule has 15 heavy (non-hydrogen) atoms. The molecule has 1 aromatic carbocycles. The number of aryl methyl sites for hydroxylation is 1. The second-order valence-corrected chi connectivity index (χ2v) is 4.07. The topological polar surface area (TPSA) is 29.1 Å². The van der Waals surface area contributed by atoms with Crippen LogP contribution in [0.25, 0.3) is 0 Å². The van der Waals surface area contributed by atoms with E-state index in [2.05, 4.69) is 36.5 Å². The van der Waals surface area contributed by atoms with Gasteiger partial charge in [-0.3, -0.25) is 4.79 Å². The quantitative estimate of drug-likeness (QED) is 0.795. The number of hydrogen-bond acceptors (Lipinski definition) is 2. The maximum atomic E-state index is 11.7. The molecule has 1 unspecified atom stereocenters. The van der Waals surface area contributed by atoms with Crippen molar-refractivity contribution < 1.29 is 4.79 Å². The minimum atomic E-state index is 0.0738. The number of hydrogen-bond donors (Lipinski definition) is 1. The number of ketones is 1. The molecule has 0 bridgehead atoms. The van der Waals surface area contributed by atoms with E-state index in [1.165, 1.54) is 5.56 Å². The average Bonchev–Trinajstić information content (AvgIpc) is 2.30. The molecule has 1 atom stereocenters. The fourth-order valence-corrected chi connectivity index (χ4v) is 2.04. The van der Waals surface area contributed by atoms with Crippen molar-refractivity contribution in [3.63, 3.8) is 0 Å². The molecular weight excluding hydrogens is 186 g/mol. The van der Waals surface area contributed by atoms with E-state index in [1.807, 2.05) is 0 Å². The van der Waals surface area contributed by atoms with Crippen LogP contribution in [0.1, 0.15) is 30.4 Å². The highest BCUT2D eigenvalue weighted by Crippen LogP contribution is 2.20. The summed E-state index contributed by atoms with van der Waals surface area (Å²) in [6.07, 6.45) is 1.72. The molecule has 1 fully saturated rings. The van der Waals surface area contributed by atoms with Gasteiger partial charge in [0.2, 0.25) is 0 Å². The van der Waals surface area contributed by atoms with Crippen molar-refractivity contribution in [3.8, 4) is 0 Å². The third-order valence-electron chi connectivity index (χ3n) is 3.08. The highest BCUT2D eigenvalue weighted by atomic mass is 16.1. The molecule has 0 radical (unpaired) electrons. The lowest BCUT2D eigenvalue weighted by Gasteiger charge is -2.22. The van der Waals surface area contributed by atoms with Gasteiger partial charge in [0.05, 0.1) is 5.92 Å². The van der Waals surface area contributed by atoms with E-state index in [1.54, 1.807) is 0 Å². The van der Waals surface area contributed by atoms with Gasteiger partial charge in [0.15, 0.2) is 0 Å². The summed E-state index contributed by atoms with van der Waals surface area (Å²) in [5, 5.41) is 3.27. The first-order valence-corrected chi connectivity index (χ1v) is 5.63. The van der Waals surface area contributed by atoms with Crippen molar-refractivity contribution in [3.05, 3.63) is 35.4 Å². The van der Waals surface area contributed by atoms with Gasteiger partial charge in [-0.05, 0) is 17.5 Å². The van der Waals surface area contributed by atoms with Crippen LogP contribution in [0.15, 0.2) is 24.3 Å². The summed E-state index contributed by atoms with van der Waals surface area (Å²) in [5.41, 5.74) is 2.49. The molecule has 0 spiro atoms. The Labute approximate surface area is 90.7 Å². The minimum absolute atomic E-state index is 0.0738. The Morgan fingerprint density at radius 3 is 2.67 bits per heavy atom. The summed E-state index contributed by atoms with van der Waals surface area (Å²) in [5.74, 6) is 0.447.